The Balaban J connectivity index is 1.51. The molecule has 29 heavy (non-hydrogen) atoms. The van der Waals surface area contributed by atoms with E-state index in [4.69, 9.17) is 14.0 Å². The van der Waals surface area contributed by atoms with Gasteiger partial charge in [-0.25, -0.2) is 4.79 Å². The topological polar surface area (TPSA) is 89.7 Å². The molecule has 2 aromatic carbocycles. The predicted octanol–water partition coefficient (Wildman–Crippen LogP) is 4.12. The molecule has 0 saturated carbocycles. The lowest BCUT2D eigenvalue weighted by molar-refractivity contribution is 0.193. The van der Waals surface area contributed by atoms with Crippen LogP contribution in [-0.2, 0) is 0 Å². The van der Waals surface area contributed by atoms with Crippen LogP contribution in [-0.4, -0.2) is 41.8 Å². The number of nitrogens with zero attached hydrogens (tertiary/aromatic N) is 3. The van der Waals surface area contributed by atoms with Gasteiger partial charge in [0.15, 0.2) is 0 Å². The molecule has 0 bridgehead atoms. The first-order chi connectivity index (χ1) is 14.2. The van der Waals surface area contributed by atoms with Crippen molar-refractivity contribution in [2.24, 2.45) is 0 Å². The van der Waals surface area contributed by atoms with E-state index in [9.17, 15) is 4.79 Å². The molecule has 1 aromatic heterocycles. The minimum Gasteiger partial charge on any atom is -0.497 e. The maximum Gasteiger partial charge on any atom is 0.322 e. The molecule has 2 heterocycles. The third-order valence-corrected chi connectivity index (χ3v) is 4.93. The number of methoxy groups -OCH3 is 2. The summed E-state index contributed by atoms with van der Waals surface area (Å²) in [6.07, 6.45) is 1.64. The number of benzene rings is 2. The number of rotatable bonds is 5. The summed E-state index contributed by atoms with van der Waals surface area (Å²) in [5, 5.41) is 7.01. The van der Waals surface area contributed by atoms with E-state index in [-0.39, 0.29) is 12.1 Å². The number of aromatic nitrogens is 2. The Morgan fingerprint density at radius 3 is 2.69 bits per heavy atom. The van der Waals surface area contributed by atoms with E-state index in [1.165, 1.54) is 0 Å². The van der Waals surface area contributed by atoms with E-state index in [0.717, 1.165) is 24.2 Å². The molecule has 0 aliphatic carbocycles. The summed E-state index contributed by atoms with van der Waals surface area (Å²) in [6.45, 7) is 0.624. The summed E-state index contributed by atoms with van der Waals surface area (Å²) >= 11 is 0. The van der Waals surface area contributed by atoms with Crippen LogP contribution in [0.25, 0.3) is 11.4 Å². The van der Waals surface area contributed by atoms with E-state index in [0.29, 0.717) is 29.7 Å². The molecule has 0 unspecified atom stereocenters. The number of hydrogen-bond acceptors (Lipinski definition) is 6. The van der Waals surface area contributed by atoms with Crippen LogP contribution >= 0.6 is 0 Å². The zero-order valence-electron chi connectivity index (χ0n) is 16.3. The van der Waals surface area contributed by atoms with Crippen molar-refractivity contribution in [3.8, 4) is 22.9 Å². The molecular weight excluding hydrogens is 372 g/mol. The summed E-state index contributed by atoms with van der Waals surface area (Å²) < 4.78 is 16.0. The quantitative estimate of drug-likeness (QED) is 0.700. The third-order valence-electron chi connectivity index (χ3n) is 4.93. The van der Waals surface area contributed by atoms with Gasteiger partial charge in [-0.15, -0.1) is 0 Å². The highest BCUT2D eigenvalue weighted by atomic mass is 16.5. The number of carbonyl (C=O) groups is 1. The van der Waals surface area contributed by atoms with Crippen LogP contribution in [0.4, 0.5) is 10.5 Å². The molecule has 1 saturated heterocycles. The monoisotopic (exact) mass is 394 g/mol. The highest BCUT2D eigenvalue weighted by Crippen LogP contribution is 2.34. The second-order valence-electron chi connectivity index (χ2n) is 6.67. The van der Waals surface area contributed by atoms with Gasteiger partial charge in [-0.05, 0) is 49.2 Å². The molecule has 1 N–H and O–H groups in total. The lowest BCUT2D eigenvalue weighted by atomic mass is 10.2. The van der Waals surface area contributed by atoms with Crippen molar-refractivity contribution < 1.29 is 18.8 Å². The van der Waals surface area contributed by atoms with Crippen LogP contribution in [0, 0.1) is 0 Å². The number of para-hydroxylation sites is 1. The molecule has 8 nitrogen and oxygen atoms in total. The number of amides is 2. The smallest absolute Gasteiger partial charge is 0.322 e. The number of urea groups is 1. The van der Waals surface area contributed by atoms with Crippen molar-refractivity contribution >= 4 is 11.7 Å². The normalized spacial score (nSPS) is 15.9. The Labute approximate surface area is 168 Å². The first-order valence-electron chi connectivity index (χ1n) is 9.38. The van der Waals surface area contributed by atoms with Gasteiger partial charge in [-0.1, -0.05) is 17.3 Å². The van der Waals surface area contributed by atoms with E-state index < -0.39 is 0 Å². The van der Waals surface area contributed by atoms with Crippen molar-refractivity contribution in [1.82, 2.24) is 15.0 Å². The van der Waals surface area contributed by atoms with Gasteiger partial charge >= 0.3 is 6.03 Å². The fraction of sp³-hybridized carbons (Fsp3) is 0.286. The molecule has 1 fully saturated rings. The van der Waals surface area contributed by atoms with Crippen molar-refractivity contribution in [2.75, 3.05) is 26.1 Å². The van der Waals surface area contributed by atoms with Crippen LogP contribution in [0.3, 0.4) is 0 Å². The first-order valence-corrected chi connectivity index (χ1v) is 9.38. The molecule has 0 radical (unpaired) electrons. The Hall–Kier alpha value is -3.55. The number of likely N-dealkylation sites (tertiary alicyclic amines) is 1. The summed E-state index contributed by atoms with van der Waals surface area (Å²) in [5.74, 6) is 2.27. The third kappa shape index (κ3) is 3.87. The lowest BCUT2D eigenvalue weighted by Crippen LogP contribution is -2.34. The zero-order valence-corrected chi connectivity index (χ0v) is 16.3. The van der Waals surface area contributed by atoms with E-state index in [1.54, 1.807) is 43.4 Å². The highest BCUT2D eigenvalue weighted by Gasteiger charge is 2.34. The molecule has 1 aliphatic heterocycles. The summed E-state index contributed by atoms with van der Waals surface area (Å²) in [6, 6.07) is 14.2. The largest absolute Gasteiger partial charge is 0.497 e. The Kier molecular flexibility index (Phi) is 5.33. The molecule has 1 aliphatic rings. The van der Waals surface area contributed by atoms with Gasteiger partial charge in [0.05, 0.1) is 19.8 Å². The number of nitrogens with one attached hydrogen (secondary N) is 1. The van der Waals surface area contributed by atoms with Crippen LogP contribution in [0.15, 0.2) is 53.1 Å². The first kappa shape index (κ1) is 18.8. The summed E-state index contributed by atoms with van der Waals surface area (Å²) in [4.78, 5) is 19.1. The molecule has 3 aromatic rings. The van der Waals surface area contributed by atoms with E-state index >= 15 is 0 Å². The highest BCUT2D eigenvalue weighted by molar-refractivity contribution is 5.89. The van der Waals surface area contributed by atoms with Gasteiger partial charge < -0.3 is 24.2 Å². The lowest BCUT2D eigenvalue weighted by Gasteiger charge is -2.22. The fourth-order valence-electron chi connectivity index (χ4n) is 3.45. The fourth-order valence-corrected chi connectivity index (χ4v) is 3.45. The van der Waals surface area contributed by atoms with Crippen molar-refractivity contribution in [1.29, 1.82) is 0 Å². The van der Waals surface area contributed by atoms with Crippen LogP contribution < -0.4 is 14.8 Å². The molecular formula is C21H22N4O4. The summed E-state index contributed by atoms with van der Waals surface area (Å²) in [7, 11) is 3.20. The van der Waals surface area contributed by atoms with E-state index in [1.807, 2.05) is 24.3 Å². The van der Waals surface area contributed by atoms with Crippen LogP contribution in [0.5, 0.6) is 11.5 Å². The minimum atomic E-state index is -0.260. The Bertz CT molecular complexity index is 986. The number of anilines is 1. The standard InChI is InChI=1S/C21H22N4O4/c1-27-15-11-9-14(10-12-15)22-21(26)25-13-5-7-17(25)20-23-19(24-29-20)16-6-3-4-8-18(16)28-2/h3-4,6,8-12,17H,5,7,13H2,1-2H3,(H,22,26)/t17-/m0/s1. The maximum atomic E-state index is 12.8. The molecule has 0 spiro atoms. The van der Waals surface area contributed by atoms with Crippen molar-refractivity contribution in [2.45, 2.75) is 18.9 Å². The van der Waals surface area contributed by atoms with Crippen molar-refractivity contribution in [3.63, 3.8) is 0 Å². The SMILES string of the molecule is COc1ccc(NC(=O)N2CCC[C@H]2c2nc(-c3ccccc3OC)no2)cc1. The summed E-state index contributed by atoms with van der Waals surface area (Å²) in [5.41, 5.74) is 1.44. The second kappa shape index (κ2) is 8.22. The second-order valence-corrected chi connectivity index (χ2v) is 6.67. The van der Waals surface area contributed by atoms with Gasteiger partial charge in [0.2, 0.25) is 11.7 Å². The van der Waals surface area contributed by atoms with Gasteiger partial charge in [-0.2, -0.15) is 4.98 Å². The van der Waals surface area contributed by atoms with Gasteiger partial charge in [0, 0.05) is 12.2 Å². The number of ether oxygens (including phenoxy) is 2. The van der Waals surface area contributed by atoms with Gasteiger partial charge in [-0.3, -0.25) is 0 Å². The zero-order chi connectivity index (χ0) is 20.2. The molecule has 8 heteroatoms. The molecule has 4 rings (SSSR count). The van der Waals surface area contributed by atoms with E-state index in [2.05, 4.69) is 15.5 Å². The van der Waals surface area contributed by atoms with Crippen LogP contribution in [0.2, 0.25) is 0 Å². The van der Waals surface area contributed by atoms with Crippen LogP contribution in [0.1, 0.15) is 24.8 Å². The van der Waals surface area contributed by atoms with Gasteiger partial charge in [0.1, 0.15) is 17.5 Å². The molecule has 2 amide bonds. The minimum absolute atomic E-state index is 0.199. The number of carbonyl (C=O) groups excluding carboxylic acids is 1. The Morgan fingerprint density at radius 1 is 1.14 bits per heavy atom. The molecule has 150 valence electrons. The average molecular weight is 394 g/mol. The average Bonchev–Trinajstić information content (AvgIpc) is 3.43. The number of hydrogen-bond donors (Lipinski definition) is 1. The maximum absolute atomic E-state index is 12.8. The van der Waals surface area contributed by atoms with Gasteiger partial charge in [0.25, 0.3) is 0 Å². The van der Waals surface area contributed by atoms with Crippen molar-refractivity contribution in [3.05, 3.63) is 54.4 Å². The predicted molar refractivity (Wildman–Crippen MR) is 107 cm³/mol. The Morgan fingerprint density at radius 2 is 1.93 bits per heavy atom. The molecule has 1 atom stereocenters.